The summed E-state index contributed by atoms with van der Waals surface area (Å²) in [6.45, 7) is 8.18. The van der Waals surface area contributed by atoms with E-state index in [2.05, 4.69) is 232 Å². The van der Waals surface area contributed by atoms with Gasteiger partial charge in [0, 0.05) is 32.9 Å². The fourth-order valence-corrected chi connectivity index (χ4v) is 10.5. The molecule has 0 amide bonds. The van der Waals surface area contributed by atoms with Crippen molar-refractivity contribution in [2.45, 2.75) is 0 Å². The molecule has 0 aliphatic rings. The van der Waals surface area contributed by atoms with Crippen LogP contribution >= 0.6 is 0 Å². The minimum absolute atomic E-state index is 0.631. The highest BCUT2D eigenvalue weighted by molar-refractivity contribution is 6.23. The maximum atomic E-state index is 8.18. The van der Waals surface area contributed by atoms with Gasteiger partial charge in [-0.1, -0.05) is 146 Å². The predicted octanol–water partition coefficient (Wildman–Crippen LogP) is 16.9. The lowest BCUT2D eigenvalue weighted by Gasteiger charge is -2.19. The van der Waals surface area contributed by atoms with E-state index in [4.69, 9.17) is 6.57 Å². The molecule has 64 heavy (non-hydrogen) atoms. The fourth-order valence-electron chi connectivity index (χ4n) is 10.5. The van der Waals surface area contributed by atoms with Gasteiger partial charge in [0.2, 0.25) is 0 Å². The van der Waals surface area contributed by atoms with Crippen molar-refractivity contribution < 1.29 is 0 Å². The first-order chi connectivity index (χ1) is 31.7. The van der Waals surface area contributed by atoms with Gasteiger partial charge in [-0.3, -0.25) is 0 Å². The van der Waals surface area contributed by atoms with Gasteiger partial charge in [0.15, 0.2) is 5.69 Å². The zero-order valence-corrected chi connectivity index (χ0v) is 34.7. The summed E-state index contributed by atoms with van der Waals surface area (Å²) in [5, 5.41) is 11.7. The molecule has 0 aliphatic carbocycles. The summed E-state index contributed by atoms with van der Waals surface area (Å²) in [4.78, 5) is 4.00. The molecule has 0 atom stereocenters. The Morgan fingerprint density at radius 3 is 1.28 bits per heavy atom. The highest BCUT2D eigenvalue weighted by Crippen LogP contribution is 2.47. The summed E-state index contributed by atoms with van der Waals surface area (Å²) in [7, 11) is 0. The van der Waals surface area contributed by atoms with Gasteiger partial charge in [0.1, 0.15) is 0 Å². The van der Waals surface area contributed by atoms with E-state index in [-0.39, 0.29) is 0 Å². The molecule has 2 heterocycles. The number of fused-ring (bicyclic) bond motifs is 9. The highest BCUT2D eigenvalue weighted by Gasteiger charge is 2.21. The minimum atomic E-state index is 0.631. The smallest absolute Gasteiger partial charge is 0.188 e. The minimum Gasteiger partial charge on any atom is -0.309 e. The Balaban J connectivity index is 1.11. The molecule has 3 heteroatoms. The van der Waals surface area contributed by atoms with Gasteiger partial charge in [-0.15, -0.1) is 0 Å². The molecule has 0 saturated carbocycles. The topological polar surface area (TPSA) is 14.2 Å². The first kappa shape index (κ1) is 36.0. The molecular weight excluding hydrogens is 775 g/mol. The number of nitrogens with zero attached hydrogens (tertiary/aromatic N) is 3. The second-order valence-corrected chi connectivity index (χ2v) is 16.7. The van der Waals surface area contributed by atoms with Crippen LogP contribution in [0.5, 0.6) is 0 Å². The molecular formula is C61H37N3. The average molecular weight is 812 g/mol. The van der Waals surface area contributed by atoms with Crippen LogP contribution < -0.4 is 0 Å². The van der Waals surface area contributed by atoms with E-state index in [0.29, 0.717) is 5.69 Å². The van der Waals surface area contributed by atoms with Gasteiger partial charge < -0.3 is 9.13 Å². The summed E-state index contributed by atoms with van der Waals surface area (Å²) in [6.07, 6.45) is 0. The van der Waals surface area contributed by atoms with Gasteiger partial charge in [-0.05, 0) is 145 Å². The maximum absolute atomic E-state index is 8.18. The number of aromatic nitrogens is 2. The fraction of sp³-hybridized carbons (Fsp3) is 0. The van der Waals surface area contributed by atoms with Crippen LogP contribution in [-0.2, 0) is 0 Å². The van der Waals surface area contributed by atoms with Crippen molar-refractivity contribution in [3.63, 3.8) is 0 Å². The van der Waals surface area contributed by atoms with Crippen LogP contribution in [0.3, 0.4) is 0 Å². The Morgan fingerprint density at radius 1 is 0.297 bits per heavy atom. The quantitative estimate of drug-likeness (QED) is 0.121. The number of benzene rings is 11. The van der Waals surface area contributed by atoms with E-state index < -0.39 is 0 Å². The third kappa shape index (κ3) is 5.40. The zero-order chi connectivity index (χ0) is 42.3. The van der Waals surface area contributed by atoms with Gasteiger partial charge in [0.25, 0.3) is 0 Å². The average Bonchev–Trinajstić information content (AvgIpc) is 3.87. The third-order valence-electron chi connectivity index (χ3n) is 13.3. The van der Waals surface area contributed by atoms with E-state index in [1.165, 1.54) is 65.5 Å². The van der Waals surface area contributed by atoms with Crippen molar-refractivity contribution in [1.82, 2.24) is 9.13 Å². The van der Waals surface area contributed by atoms with E-state index in [1.807, 2.05) is 6.07 Å². The molecule has 0 radical (unpaired) electrons. The molecule has 11 aromatic carbocycles. The van der Waals surface area contributed by atoms with Crippen LogP contribution in [-0.4, -0.2) is 9.13 Å². The number of rotatable bonds is 5. The second kappa shape index (κ2) is 14.2. The molecule has 2 aromatic heterocycles. The molecule has 0 saturated heterocycles. The van der Waals surface area contributed by atoms with Crippen LogP contribution in [0.4, 0.5) is 5.69 Å². The molecule has 0 aliphatic heterocycles. The number of hydrogen-bond donors (Lipinski definition) is 0. The van der Waals surface area contributed by atoms with E-state index in [0.717, 1.165) is 55.2 Å². The van der Waals surface area contributed by atoms with Gasteiger partial charge >= 0.3 is 0 Å². The molecule has 3 nitrogen and oxygen atoms in total. The van der Waals surface area contributed by atoms with Gasteiger partial charge in [-0.2, -0.15) is 0 Å². The lowest BCUT2D eigenvalue weighted by atomic mass is 9.84. The first-order valence-electron chi connectivity index (χ1n) is 21.8. The molecule has 13 rings (SSSR count). The normalized spacial score (nSPS) is 11.7. The van der Waals surface area contributed by atoms with Crippen molar-refractivity contribution in [1.29, 1.82) is 0 Å². The van der Waals surface area contributed by atoms with Crippen LogP contribution in [0.25, 0.3) is 126 Å². The Labute approximate surface area is 369 Å². The van der Waals surface area contributed by atoms with Crippen LogP contribution in [0.2, 0.25) is 0 Å². The highest BCUT2D eigenvalue weighted by atomic mass is 15.0. The lowest BCUT2D eigenvalue weighted by molar-refractivity contribution is 1.18. The van der Waals surface area contributed by atoms with Crippen molar-refractivity contribution in [2.24, 2.45) is 0 Å². The Hall–Kier alpha value is -8.71. The number of hydrogen-bond acceptors (Lipinski definition) is 0. The van der Waals surface area contributed by atoms with E-state index >= 15 is 0 Å². The Kier molecular flexibility index (Phi) is 7.97. The summed E-state index contributed by atoms with van der Waals surface area (Å²) >= 11 is 0. The summed E-state index contributed by atoms with van der Waals surface area (Å²) < 4.78 is 4.75. The van der Waals surface area contributed by atoms with E-state index in [1.54, 1.807) is 0 Å². The summed E-state index contributed by atoms with van der Waals surface area (Å²) in [6, 6.07) is 81.2. The SMILES string of the molecule is [C-]#[N+]c1cc(-c2c3cccc(-c4ccc5c(c4)c4ccccc4n5-c4ccccc4)c3cc3c(-c4ccc5c(c4)c4ccccc4n5-c4ccccc4)cccc23)c2ccccc2c1. The largest absolute Gasteiger partial charge is 0.309 e. The summed E-state index contributed by atoms with van der Waals surface area (Å²) in [5.74, 6) is 0. The lowest BCUT2D eigenvalue weighted by Crippen LogP contribution is -1.93. The van der Waals surface area contributed by atoms with Crippen molar-refractivity contribution in [3.05, 3.63) is 236 Å². The molecule has 0 bridgehead atoms. The maximum Gasteiger partial charge on any atom is 0.188 e. The van der Waals surface area contributed by atoms with Crippen LogP contribution in [0.1, 0.15) is 0 Å². The van der Waals surface area contributed by atoms with E-state index in [9.17, 15) is 0 Å². The molecule has 13 aromatic rings. The summed E-state index contributed by atoms with van der Waals surface area (Å²) in [5.41, 5.74) is 14.5. The molecule has 0 fully saturated rings. The zero-order valence-electron chi connectivity index (χ0n) is 34.7. The monoisotopic (exact) mass is 811 g/mol. The molecule has 0 spiro atoms. The second-order valence-electron chi connectivity index (χ2n) is 16.7. The predicted molar refractivity (Wildman–Crippen MR) is 270 cm³/mol. The number of para-hydroxylation sites is 4. The third-order valence-corrected chi connectivity index (χ3v) is 13.3. The van der Waals surface area contributed by atoms with Crippen LogP contribution in [0, 0.1) is 6.57 Å². The van der Waals surface area contributed by atoms with Crippen LogP contribution in [0.15, 0.2) is 224 Å². The van der Waals surface area contributed by atoms with Crippen molar-refractivity contribution >= 4 is 81.6 Å². The Bertz CT molecular complexity index is 3860. The van der Waals surface area contributed by atoms with Crippen molar-refractivity contribution in [2.75, 3.05) is 0 Å². The van der Waals surface area contributed by atoms with Crippen molar-refractivity contribution in [3.8, 4) is 44.8 Å². The Morgan fingerprint density at radius 2 is 0.750 bits per heavy atom. The van der Waals surface area contributed by atoms with Gasteiger partial charge in [-0.25, -0.2) is 4.85 Å². The molecule has 0 unspecified atom stereocenters. The molecule has 0 N–H and O–H groups in total. The standard InChI is InChI=1S/C61H37N3/c1-62-42-34-39-16-8-9-21-47(39)56(37-42)61-50-26-14-24-45(40-30-32-59-54(35-40)48-22-10-12-28-57(48)63(59)43-17-4-2-5-18-43)52(50)38-53-46(25-15-27-51(53)61)41-31-33-60-55(36-41)49-23-11-13-29-58(49)64(60)44-19-6-3-7-20-44/h2-38H. The molecule has 296 valence electrons. The first-order valence-corrected chi connectivity index (χ1v) is 21.8. The van der Waals surface area contributed by atoms with Gasteiger partial charge in [0.05, 0.1) is 28.6 Å².